The largest absolute Gasteiger partial charge is 0.496 e. The SMILES string of the molecule is COc1cc(OCc2ccccc2)cc(OC)c1-c1c(N=C(C)N)n[nH]c1C. The predicted molar refractivity (Wildman–Crippen MR) is 110 cm³/mol. The predicted octanol–water partition coefficient (Wildman–Crippen LogP) is 3.99. The van der Waals surface area contributed by atoms with Gasteiger partial charge in [-0.1, -0.05) is 30.3 Å². The molecule has 0 fully saturated rings. The number of hydrogen-bond donors (Lipinski definition) is 2. The molecule has 3 rings (SSSR count). The van der Waals surface area contributed by atoms with Gasteiger partial charge in [0, 0.05) is 17.8 Å². The van der Waals surface area contributed by atoms with Gasteiger partial charge in [-0.3, -0.25) is 5.10 Å². The molecule has 3 N–H and O–H groups in total. The van der Waals surface area contributed by atoms with E-state index in [1.165, 1.54) is 0 Å². The summed E-state index contributed by atoms with van der Waals surface area (Å²) in [5, 5.41) is 7.20. The molecule has 2 aromatic carbocycles. The Kier molecular flexibility index (Phi) is 5.84. The van der Waals surface area contributed by atoms with Crippen molar-refractivity contribution in [3.05, 3.63) is 53.7 Å². The van der Waals surface area contributed by atoms with Crippen molar-refractivity contribution in [1.82, 2.24) is 10.2 Å². The fourth-order valence-corrected chi connectivity index (χ4v) is 2.92. The van der Waals surface area contributed by atoms with Gasteiger partial charge in [-0.25, -0.2) is 4.99 Å². The normalized spacial score (nSPS) is 11.4. The third-order valence-electron chi connectivity index (χ3n) is 4.19. The highest BCUT2D eigenvalue weighted by Gasteiger charge is 2.22. The maximum Gasteiger partial charge on any atom is 0.183 e. The smallest absolute Gasteiger partial charge is 0.183 e. The summed E-state index contributed by atoms with van der Waals surface area (Å²) in [6, 6.07) is 13.6. The van der Waals surface area contributed by atoms with E-state index in [1.54, 1.807) is 21.1 Å². The second kappa shape index (κ2) is 8.47. The van der Waals surface area contributed by atoms with Crippen LogP contribution in [0.1, 0.15) is 18.2 Å². The van der Waals surface area contributed by atoms with Crippen molar-refractivity contribution < 1.29 is 14.2 Å². The van der Waals surface area contributed by atoms with E-state index in [-0.39, 0.29) is 0 Å². The number of rotatable bonds is 7. The Morgan fingerprint density at radius 1 is 1.07 bits per heavy atom. The molecule has 1 aromatic heterocycles. The topological polar surface area (TPSA) is 94.8 Å². The van der Waals surface area contributed by atoms with Gasteiger partial charge in [-0.05, 0) is 19.4 Å². The Labute approximate surface area is 164 Å². The van der Waals surface area contributed by atoms with Crippen molar-refractivity contribution in [2.24, 2.45) is 10.7 Å². The van der Waals surface area contributed by atoms with Crippen molar-refractivity contribution in [2.75, 3.05) is 14.2 Å². The fourth-order valence-electron chi connectivity index (χ4n) is 2.92. The zero-order valence-electron chi connectivity index (χ0n) is 16.4. The van der Waals surface area contributed by atoms with Crippen molar-refractivity contribution in [2.45, 2.75) is 20.5 Å². The van der Waals surface area contributed by atoms with Crippen LogP contribution in [0.4, 0.5) is 5.82 Å². The van der Waals surface area contributed by atoms with Crippen LogP contribution < -0.4 is 19.9 Å². The number of benzene rings is 2. The van der Waals surface area contributed by atoms with Crippen LogP contribution in [-0.2, 0) is 6.61 Å². The zero-order valence-corrected chi connectivity index (χ0v) is 16.4. The number of amidine groups is 1. The van der Waals surface area contributed by atoms with Crippen LogP contribution in [0, 0.1) is 6.92 Å². The van der Waals surface area contributed by atoms with Gasteiger partial charge < -0.3 is 19.9 Å². The highest BCUT2D eigenvalue weighted by atomic mass is 16.5. The maximum absolute atomic E-state index is 5.94. The van der Waals surface area contributed by atoms with E-state index >= 15 is 0 Å². The molecule has 0 saturated carbocycles. The Morgan fingerprint density at radius 2 is 1.71 bits per heavy atom. The van der Waals surface area contributed by atoms with E-state index in [1.807, 2.05) is 49.4 Å². The first-order valence-electron chi connectivity index (χ1n) is 8.82. The van der Waals surface area contributed by atoms with E-state index in [4.69, 9.17) is 19.9 Å². The molecule has 1 heterocycles. The van der Waals surface area contributed by atoms with E-state index in [0.29, 0.717) is 35.5 Å². The van der Waals surface area contributed by atoms with Crippen molar-refractivity contribution >= 4 is 11.7 Å². The minimum Gasteiger partial charge on any atom is -0.496 e. The quantitative estimate of drug-likeness (QED) is 0.477. The van der Waals surface area contributed by atoms with Crippen LogP contribution in [0.25, 0.3) is 11.1 Å². The standard InChI is InChI=1S/C21H24N4O3/c1-13-19(21(25-24-13)23-14(2)22)20-17(26-3)10-16(11-18(20)27-4)28-12-15-8-6-5-7-9-15/h5-11H,12H2,1-4H3,(H3,22,23,24,25). The van der Waals surface area contributed by atoms with E-state index in [9.17, 15) is 0 Å². The summed E-state index contributed by atoms with van der Waals surface area (Å²) >= 11 is 0. The minimum absolute atomic E-state index is 0.411. The van der Waals surface area contributed by atoms with Gasteiger partial charge in [0.05, 0.1) is 31.2 Å². The summed E-state index contributed by atoms with van der Waals surface area (Å²) in [5.74, 6) is 2.72. The molecule has 7 heteroatoms. The van der Waals surface area contributed by atoms with Crippen LogP contribution in [0.3, 0.4) is 0 Å². The summed E-state index contributed by atoms with van der Waals surface area (Å²) in [5.41, 5.74) is 9.17. The van der Waals surface area contributed by atoms with Gasteiger partial charge in [0.15, 0.2) is 5.82 Å². The van der Waals surface area contributed by atoms with Crippen LogP contribution in [0.5, 0.6) is 17.2 Å². The Hall–Kier alpha value is -3.48. The number of nitrogens with zero attached hydrogens (tertiary/aromatic N) is 2. The highest BCUT2D eigenvalue weighted by Crippen LogP contribution is 2.46. The zero-order chi connectivity index (χ0) is 20.1. The number of aliphatic imine (C=N–C) groups is 1. The number of nitrogens with one attached hydrogen (secondary N) is 1. The van der Waals surface area contributed by atoms with Crippen LogP contribution in [-0.4, -0.2) is 30.3 Å². The number of aromatic amines is 1. The van der Waals surface area contributed by atoms with Crippen LogP contribution in [0.2, 0.25) is 0 Å². The summed E-state index contributed by atoms with van der Waals surface area (Å²) < 4.78 is 17.2. The summed E-state index contributed by atoms with van der Waals surface area (Å²) in [4.78, 5) is 4.32. The van der Waals surface area contributed by atoms with Gasteiger partial charge >= 0.3 is 0 Å². The lowest BCUT2D eigenvalue weighted by Gasteiger charge is -2.16. The Bertz CT molecular complexity index is 952. The van der Waals surface area contributed by atoms with Gasteiger partial charge in [0.2, 0.25) is 0 Å². The third kappa shape index (κ3) is 4.09. The highest BCUT2D eigenvalue weighted by molar-refractivity contribution is 5.89. The molecule has 0 spiro atoms. The molecule has 0 unspecified atom stereocenters. The first-order chi connectivity index (χ1) is 13.5. The molecule has 0 saturated heterocycles. The molecule has 0 aliphatic carbocycles. The minimum atomic E-state index is 0.411. The third-order valence-corrected chi connectivity index (χ3v) is 4.19. The number of nitrogens with two attached hydrogens (primary N) is 1. The molecule has 0 atom stereocenters. The van der Waals surface area contributed by atoms with E-state index in [0.717, 1.165) is 22.4 Å². The van der Waals surface area contributed by atoms with Gasteiger partial charge in [-0.2, -0.15) is 5.10 Å². The summed E-state index contributed by atoms with van der Waals surface area (Å²) in [6.07, 6.45) is 0. The summed E-state index contributed by atoms with van der Waals surface area (Å²) in [6.45, 7) is 4.06. The molecule has 146 valence electrons. The second-order valence-corrected chi connectivity index (χ2v) is 6.28. The lowest BCUT2D eigenvalue weighted by atomic mass is 10.0. The molecule has 0 radical (unpaired) electrons. The molecule has 0 aliphatic heterocycles. The number of ether oxygens (including phenoxy) is 3. The lowest BCUT2D eigenvalue weighted by molar-refractivity contribution is 0.301. The molecule has 28 heavy (non-hydrogen) atoms. The van der Waals surface area contributed by atoms with Gasteiger partial charge in [-0.15, -0.1) is 0 Å². The number of methoxy groups -OCH3 is 2. The Morgan fingerprint density at radius 3 is 2.29 bits per heavy atom. The summed E-state index contributed by atoms with van der Waals surface area (Å²) in [7, 11) is 3.21. The Balaban J connectivity index is 2.03. The maximum atomic E-state index is 5.94. The molecule has 3 aromatic rings. The molecular formula is C21H24N4O3. The number of H-pyrrole nitrogens is 1. The van der Waals surface area contributed by atoms with Gasteiger partial charge in [0.25, 0.3) is 0 Å². The number of aryl methyl sites for hydroxylation is 1. The molecule has 0 aliphatic rings. The van der Waals surface area contributed by atoms with Crippen molar-refractivity contribution in [3.63, 3.8) is 0 Å². The molecule has 7 nitrogen and oxygen atoms in total. The van der Waals surface area contributed by atoms with E-state index < -0.39 is 0 Å². The van der Waals surface area contributed by atoms with E-state index in [2.05, 4.69) is 15.2 Å². The molecule has 0 bridgehead atoms. The molecular weight excluding hydrogens is 356 g/mol. The molecule has 0 amide bonds. The first kappa shape index (κ1) is 19.3. The van der Waals surface area contributed by atoms with Crippen LogP contribution >= 0.6 is 0 Å². The average molecular weight is 380 g/mol. The lowest BCUT2D eigenvalue weighted by Crippen LogP contribution is -2.04. The number of hydrogen-bond acceptors (Lipinski definition) is 5. The first-order valence-corrected chi connectivity index (χ1v) is 8.82. The van der Waals surface area contributed by atoms with Crippen LogP contribution in [0.15, 0.2) is 47.5 Å². The fraction of sp³-hybridized carbons (Fsp3) is 0.238. The van der Waals surface area contributed by atoms with Crippen molar-refractivity contribution in [1.29, 1.82) is 0 Å². The number of aromatic nitrogens is 2. The second-order valence-electron chi connectivity index (χ2n) is 6.28. The monoisotopic (exact) mass is 380 g/mol. The van der Waals surface area contributed by atoms with Crippen molar-refractivity contribution in [3.8, 4) is 28.4 Å². The average Bonchev–Trinajstić information content (AvgIpc) is 3.05. The van der Waals surface area contributed by atoms with Gasteiger partial charge in [0.1, 0.15) is 23.9 Å².